The quantitative estimate of drug-likeness (QED) is 0.164. The summed E-state index contributed by atoms with van der Waals surface area (Å²) in [7, 11) is 2.77. The minimum absolute atomic E-state index is 0.0333. The van der Waals surface area contributed by atoms with Gasteiger partial charge in [-0.05, 0) is 54.2 Å². The van der Waals surface area contributed by atoms with E-state index >= 15 is 0 Å². The van der Waals surface area contributed by atoms with Crippen molar-refractivity contribution in [2.45, 2.75) is 32.0 Å². The number of methoxy groups -OCH3 is 2. The largest absolute Gasteiger partial charge is 0.493 e. The molecule has 10 nitrogen and oxygen atoms in total. The van der Waals surface area contributed by atoms with Gasteiger partial charge in [-0.1, -0.05) is 29.3 Å². The lowest BCUT2D eigenvalue weighted by molar-refractivity contribution is -0.149. The standard InChI is InChI=1S/C30H26Cl2F2N2O8/c1-40-24-8-17-18(9-25(24)41-2)29(39)36(28(17)38)13-27(37)43-23(10-19-20(31)11-35-12-21(19)32)16-5-6-22(44-30(33)34)26(7-16)42-14-15-3-4-15/h5-9,11-12,15,23,30H,3-4,10,13-14H2,1-2H3/t23-/m0/s1. The number of hydrogen-bond donors (Lipinski definition) is 0. The molecule has 0 N–H and O–H groups in total. The second-order valence-electron chi connectivity index (χ2n) is 10.1. The molecule has 1 atom stereocenters. The predicted octanol–water partition coefficient (Wildman–Crippen LogP) is 5.92. The van der Waals surface area contributed by atoms with Gasteiger partial charge in [-0.3, -0.25) is 24.3 Å². The Balaban J connectivity index is 1.42. The van der Waals surface area contributed by atoms with Crippen LogP contribution in [0, 0.1) is 5.92 Å². The number of fused-ring (bicyclic) bond motifs is 1. The number of rotatable bonds is 13. The van der Waals surface area contributed by atoms with Crippen molar-refractivity contribution < 1.29 is 46.8 Å². The lowest BCUT2D eigenvalue weighted by Gasteiger charge is -2.22. The monoisotopic (exact) mass is 650 g/mol. The molecule has 1 saturated carbocycles. The van der Waals surface area contributed by atoms with Gasteiger partial charge >= 0.3 is 12.6 Å². The molecule has 44 heavy (non-hydrogen) atoms. The number of hydrogen-bond acceptors (Lipinski definition) is 9. The molecule has 1 aromatic heterocycles. The fraction of sp³-hybridized carbons (Fsp3) is 0.333. The van der Waals surface area contributed by atoms with Crippen molar-refractivity contribution in [2.24, 2.45) is 5.92 Å². The molecule has 0 radical (unpaired) electrons. The van der Waals surface area contributed by atoms with Crippen LogP contribution in [0.3, 0.4) is 0 Å². The zero-order chi connectivity index (χ0) is 31.5. The molecule has 2 heterocycles. The normalized spacial score (nSPS) is 14.8. The van der Waals surface area contributed by atoms with Crippen molar-refractivity contribution in [1.29, 1.82) is 0 Å². The van der Waals surface area contributed by atoms with Crippen LogP contribution in [0.25, 0.3) is 0 Å². The Kier molecular flexibility index (Phi) is 9.40. The summed E-state index contributed by atoms with van der Waals surface area (Å²) in [5.41, 5.74) is 0.819. The first-order valence-corrected chi connectivity index (χ1v) is 14.2. The van der Waals surface area contributed by atoms with Gasteiger partial charge in [0.05, 0.1) is 42.0 Å². The van der Waals surface area contributed by atoms with Gasteiger partial charge in [0.15, 0.2) is 23.0 Å². The molecule has 0 bridgehead atoms. The van der Waals surface area contributed by atoms with Gasteiger partial charge in [0, 0.05) is 18.8 Å². The summed E-state index contributed by atoms with van der Waals surface area (Å²) in [5, 5.41) is 0.398. The first-order valence-electron chi connectivity index (χ1n) is 13.4. The van der Waals surface area contributed by atoms with Gasteiger partial charge in [-0.25, -0.2) is 0 Å². The van der Waals surface area contributed by atoms with Crippen LogP contribution in [-0.2, 0) is 16.0 Å². The molecule has 5 rings (SSSR count). The van der Waals surface area contributed by atoms with Gasteiger partial charge in [-0.2, -0.15) is 8.78 Å². The maximum absolute atomic E-state index is 13.3. The minimum atomic E-state index is -3.09. The number of alkyl halides is 2. The average molecular weight is 651 g/mol. The Morgan fingerprint density at radius 1 is 0.955 bits per heavy atom. The summed E-state index contributed by atoms with van der Waals surface area (Å²) < 4.78 is 52.9. The summed E-state index contributed by atoms with van der Waals surface area (Å²) in [5.74, 6) is -1.74. The second kappa shape index (κ2) is 13.2. The number of aromatic nitrogens is 1. The van der Waals surface area contributed by atoms with E-state index in [4.69, 9.17) is 42.1 Å². The van der Waals surface area contributed by atoms with Crippen molar-refractivity contribution in [3.63, 3.8) is 0 Å². The van der Waals surface area contributed by atoms with E-state index < -0.39 is 37.0 Å². The summed E-state index contributed by atoms with van der Waals surface area (Å²) in [6, 6.07) is 6.88. The maximum atomic E-state index is 13.3. The zero-order valence-electron chi connectivity index (χ0n) is 23.5. The molecule has 0 saturated heterocycles. The number of benzene rings is 2. The van der Waals surface area contributed by atoms with E-state index in [-0.39, 0.29) is 50.6 Å². The summed E-state index contributed by atoms with van der Waals surface area (Å²) in [6.45, 7) is -3.51. The number of esters is 1. The summed E-state index contributed by atoms with van der Waals surface area (Å²) >= 11 is 12.7. The predicted molar refractivity (Wildman–Crippen MR) is 153 cm³/mol. The maximum Gasteiger partial charge on any atom is 0.387 e. The van der Waals surface area contributed by atoms with E-state index in [1.165, 1.54) is 56.9 Å². The number of carbonyl (C=O) groups excluding carboxylic acids is 3. The number of amides is 2. The number of imide groups is 1. The van der Waals surface area contributed by atoms with Crippen LogP contribution in [0.1, 0.15) is 50.8 Å². The first kappa shape index (κ1) is 31.3. The highest BCUT2D eigenvalue weighted by molar-refractivity contribution is 6.35. The highest BCUT2D eigenvalue weighted by atomic mass is 35.5. The Morgan fingerprint density at radius 3 is 2.11 bits per heavy atom. The topological polar surface area (TPSA) is 113 Å². The smallest absolute Gasteiger partial charge is 0.387 e. The summed E-state index contributed by atoms with van der Waals surface area (Å²) in [6.07, 6.45) is 3.50. The van der Waals surface area contributed by atoms with Crippen molar-refractivity contribution in [2.75, 3.05) is 27.4 Å². The third kappa shape index (κ3) is 6.81. The van der Waals surface area contributed by atoms with Gasteiger partial charge in [-0.15, -0.1) is 0 Å². The molecule has 0 spiro atoms. The van der Waals surface area contributed by atoms with Crippen molar-refractivity contribution in [1.82, 2.24) is 9.88 Å². The number of ether oxygens (including phenoxy) is 5. The second-order valence-corrected chi connectivity index (χ2v) is 10.9. The van der Waals surface area contributed by atoms with Crippen molar-refractivity contribution >= 4 is 41.0 Å². The Morgan fingerprint density at radius 2 is 1.57 bits per heavy atom. The Hall–Kier alpha value is -4.16. The van der Waals surface area contributed by atoms with Crippen molar-refractivity contribution in [3.05, 3.63) is 75.0 Å². The third-order valence-corrected chi connectivity index (χ3v) is 7.76. The van der Waals surface area contributed by atoms with E-state index in [1.807, 2.05) is 0 Å². The van der Waals surface area contributed by atoms with Gasteiger partial charge in [0.2, 0.25) is 0 Å². The van der Waals surface area contributed by atoms with Crippen LogP contribution in [0.5, 0.6) is 23.0 Å². The highest BCUT2D eigenvalue weighted by Crippen LogP contribution is 2.39. The van der Waals surface area contributed by atoms with Gasteiger partial charge < -0.3 is 23.7 Å². The number of pyridine rings is 1. The van der Waals surface area contributed by atoms with Gasteiger partial charge in [0.1, 0.15) is 12.6 Å². The average Bonchev–Trinajstić information content (AvgIpc) is 3.80. The van der Waals surface area contributed by atoms with Crippen molar-refractivity contribution in [3.8, 4) is 23.0 Å². The lowest BCUT2D eigenvalue weighted by Crippen LogP contribution is -2.36. The first-order chi connectivity index (χ1) is 21.1. The van der Waals surface area contributed by atoms with E-state index in [9.17, 15) is 23.2 Å². The number of nitrogens with zero attached hydrogens (tertiary/aromatic N) is 2. The van der Waals surface area contributed by atoms with Crippen LogP contribution in [0.2, 0.25) is 10.0 Å². The van der Waals surface area contributed by atoms with Crippen LogP contribution >= 0.6 is 23.2 Å². The number of carbonyl (C=O) groups is 3. The molecule has 1 aliphatic carbocycles. The van der Waals surface area contributed by atoms with E-state index in [1.54, 1.807) is 0 Å². The molecule has 232 valence electrons. The molecule has 1 fully saturated rings. The van der Waals surface area contributed by atoms with Crippen LogP contribution in [0.4, 0.5) is 8.78 Å². The summed E-state index contributed by atoms with van der Waals surface area (Å²) in [4.78, 5) is 44.2. The lowest BCUT2D eigenvalue weighted by atomic mass is 10.0. The molecule has 3 aromatic rings. The molecular formula is C30H26Cl2F2N2O8. The van der Waals surface area contributed by atoms with Crippen LogP contribution in [0.15, 0.2) is 42.7 Å². The zero-order valence-corrected chi connectivity index (χ0v) is 25.0. The minimum Gasteiger partial charge on any atom is -0.493 e. The molecular weight excluding hydrogens is 625 g/mol. The molecule has 0 unspecified atom stereocenters. The van der Waals surface area contributed by atoms with E-state index in [0.29, 0.717) is 23.7 Å². The molecule has 2 aromatic carbocycles. The van der Waals surface area contributed by atoms with Gasteiger partial charge in [0.25, 0.3) is 11.8 Å². The molecule has 2 amide bonds. The molecule has 1 aliphatic heterocycles. The van der Waals surface area contributed by atoms with E-state index in [0.717, 1.165) is 17.7 Å². The highest BCUT2D eigenvalue weighted by Gasteiger charge is 2.39. The van der Waals surface area contributed by atoms with Crippen LogP contribution < -0.4 is 18.9 Å². The fourth-order valence-electron chi connectivity index (χ4n) is 4.65. The number of halogens is 4. The Labute approximate surface area is 260 Å². The Bertz CT molecular complexity index is 1540. The molecule has 2 aliphatic rings. The fourth-order valence-corrected chi connectivity index (χ4v) is 5.17. The third-order valence-electron chi connectivity index (χ3n) is 7.10. The SMILES string of the molecule is COc1cc2c(cc1OC)C(=O)N(CC(=O)O[C@@H](Cc1c(Cl)cncc1Cl)c1ccc(OC(F)F)c(OCC3CC3)c1)C2=O. The van der Waals surface area contributed by atoms with Crippen LogP contribution in [-0.4, -0.2) is 61.7 Å². The molecule has 14 heteroatoms. The van der Waals surface area contributed by atoms with E-state index in [2.05, 4.69) is 9.72 Å².